The van der Waals surface area contributed by atoms with Crippen molar-refractivity contribution >= 4 is 27.6 Å². The van der Waals surface area contributed by atoms with E-state index in [4.69, 9.17) is 14.2 Å². The Hall–Kier alpha value is -3.07. The number of para-hydroxylation sites is 1. The Morgan fingerprint density at radius 3 is 2.21 bits per heavy atom. The number of carbonyl (C=O) groups is 2. The highest BCUT2D eigenvalue weighted by Gasteiger charge is 2.31. The lowest BCUT2D eigenvalue weighted by molar-refractivity contribution is -0.141. The predicted molar refractivity (Wildman–Crippen MR) is 107 cm³/mol. The number of sulfonamides is 1. The maximum absolute atomic E-state index is 13.3. The summed E-state index contributed by atoms with van der Waals surface area (Å²) in [6.45, 7) is 3.36. The van der Waals surface area contributed by atoms with Crippen LogP contribution in [0.3, 0.4) is 0 Å². The van der Waals surface area contributed by atoms with Crippen LogP contribution in [0, 0.1) is 0 Å². The highest BCUT2D eigenvalue weighted by molar-refractivity contribution is 7.92. The van der Waals surface area contributed by atoms with E-state index in [-0.39, 0.29) is 22.8 Å². The average Bonchev–Trinajstić information content (AvgIpc) is 2.72. The third kappa shape index (κ3) is 5.26. The number of rotatable bonds is 9. The molecule has 0 unspecified atom stereocenters. The number of ether oxygens (including phenoxy) is 3. The van der Waals surface area contributed by atoms with E-state index in [0.717, 1.165) is 4.31 Å². The number of hydrogen-bond acceptors (Lipinski definition) is 7. The van der Waals surface area contributed by atoms with Gasteiger partial charge in [0.15, 0.2) is 0 Å². The van der Waals surface area contributed by atoms with E-state index in [2.05, 4.69) is 0 Å². The van der Waals surface area contributed by atoms with Crippen molar-refractivity contribution in [2.24, 2.45) is 0 Å². The van der Waals surface area contributed by atoms with Crippen LogP contribution in [0.5, 0.6) is 5.75 Å². The summed E-state index contributed by atoms with van der Waals surface area (Å²) >= 11 is 0. The summed E-state index contributed by atoms with van der Waals surface area (Å²) in [5.41, 5.74) is 0.0232. The summed E-state index contributed by atoms with van der Waals surface area (Å²) in [5.74, 6) is -0.962. The molecule has 9 heteroatoms. The van der Waals surface area contributed by atoms with E-state index < -0.39 is 28.5 Å². The third-order valence-electron chi connectivity index (χ3n) is 3.88. The fraction of sp³-hybridized carbons (Fsp3) is 0.300. The summed E-state index contributed by atoms with van der Waals surface area (Å²) in [6.07, 6.45) is 0. The summed E-state index contributed by atoms with van der Waals surface area (Å²) in [6, 6.07) is 11.8. The monoisotopic (exact) mass is 421 g/mol. The minimum absolute atomic E-state index is 0.00816. The van der Waals surface area contributed by atoms with Gasteiger partial charge >= 0.3 is 11.9 Å². The number of anilines is 1. The maximum Gasteiger partial charge on any atom is 0.340 e. The summed E-state index contributed by atoms with van der Waals surface area (Å²) < 4.78 is 42.5. The van der Waals surface area contributed by atoms with Gasteiger partial charge in [0.1, 0.15) is 12.3 Å². The van der Waals surface area contributed by atoms with Crippen molar-refractivity contribution < 1.29 is 32.2 Å². The molecule has 0 aliphatic carbocycles. The molecule has 29 heavy (non-hydrogen) atoms. The van der Waals surface area contributed by atoms with Crippen molar-refractivity contribution in [3.63, 3.8) is 0 Å². The molecule has 0 bridgehead atoms. The van der Waals surface area contributed by atoms with Crippen LogP contribution in [0.4, 0.5) is 5.69 Å². The Kier molecular flexibility index (Phi) is 7.60. The second-order valence-electron chi connectivity index (χ2n) is 5.73. The fourth-order valence-electron chi connectivity index (χ4n) is 2.60. The van der Waals surface area contributed by atoms with Crippen molar-refractivity contribution in [1.29, 1.82) is 0 Å². The second-order valence-corrected chi connectivity index (χ2v) is 7.59. The van der Waals surface area contributed by atoms with Gasteiger partial charge in [-0.25, -0.2) is 13.2 Å². The Bertz CT molecular complexity index is 955. The number of carbonyl (C=O) groups excluding carboxylic acids is 2. The molecule has 2 aromatic rings. The first-order valence-electron chi connectivity index (χ1n) is 8.93. The normalized spacial score (nSPS) is 10.9. The van der Waals surface area contributed by atoms with Gasteiger partial charge in [0.2, 0.25) is 0 Å². The lowest BCUT2D eigenvalue weighted by Gasteiger charge is -2.25. The van der Waals surface area contributed by atoms with E-state index in [1.54, 1.807) is 19.1 Å². The molecule has 0 heterocycles. The molecule has 8 nitrogen and oxygen atoms in total. The highest BCUT2D eigenvalue weighted by Crippen LogP contribution is 2.28. The van der Waals surface area contributed by atoms with Crippen LogP contribution in [-0.2, 0) is 24.3 Å². The van der Waals surface area contributed by atoms with Crippen molar-refractivity contribution in [1.82, 2.24) is 0 Å². The molecule has 2 aromatic carbocycles. The van der Waals surface area contributed by atoms with Gasteiger partial charge < -0.3 is 14.2 Å². The number of esters is 2. The summed E-state index contributed by atoms with van der Waals surface area (Å²) in [7, 11) is -3.00. The van der Waals surface area contributed by atoms with Gasteiger partial charge in [-0.1, -0.05) is 12.1 Å². The van der Waals surface area contributed by atoms with Gasteiger partial charge in [0.05, 0.1) is 36.5 Å². The molecule has 0 atom stereocenters. The van der Waals surface area contributed by atoms with Crippen molar-refractivity contribution in [3.8, 4) is 5.75 Å². The molecular formula is C20H23NO7S. The predicted octanol–water partition coefficient (Wildman–Crippen LogP) is 2.63. The lowest BCUT2D eigenvalue weighted by atomic mass is 10.2. The zero-order valence-electron chi connectivity index (χ0n) is 16.5. The molecule has 0 spiro atoms. The van der Waals surface area contributed by atoms with Crippen LogP contribution in [0.2, 0.25) is 0 Å². The molecule has 0 aromatic heterocycles. The zero-order chi connectivity index (χ0) is 21.4. The van der Waals surface area contributed by atoms with E-state index >= 15 is 0 Å². The van der Waals surface area contributed by atoms with Crippen molar-refractivity contribution in [3.05, 3.63) is 54.1 Å². The van der Waals surface area contributed by atoms with Crippen LogP contribution >= 0.6 is 0 Å². The van der Waals surface area contributed by atoms with Crippen molar-refractivity contribution in [2.75, 3.05) is 31.2 Å². The number of benzene rings is 2. The van der Waals surface area contributed by atoms with Gasteiger partial charge in [0, 0.05) is 0 Å². The molecular weight excluding hydrogens is 398 g/mol. The second kappa shape index (κ2) is 9.92. The Labute approximate surface area is 170 Å². The summed E-state index contributed by atoms with van der Waals surface area (Å²) in [5, 5.41) is 0. The molecule has 0 saturated heterocycles. The Morgan fingerprint density at radius 2 is 1.62 bits per heavy atom. The maximum atomic E-state index is 13.3. The standard InChI is InChI=1S/C20H23NO7S/c1-4-27-15-10-12-16(13-11-15)29(24,25)21(14-19(22)28-5-2)18-9-7-6-8-17(18)20(23)26-3/h6-13H,4-5,14H2,1-3H3. The Balaban J connectivity index is 2.56. The minimum atomic E-state index is -4.19. The SMILES string of the molecule is CCOC(=O)CN(c1ccccc1C(=O)OC)S(=O)(=O)c1ccc(OCC)cc1. The first-order valence-corrected chi connectivity index (χ1v) is 10.4. The molecule has 0 aliphatic rings. The molecule has 0 aliphatic heterocycles. The largest absolute Gasteiger partial charge is 0.494 e. The Morgan fingerprint density at radius 1 is 0.966 bits per heavy atom. The molecule has 0 radical (unpaired) electrons. The first-order chi connectivity index (χ1) is 13.8. The minimum Gasteiger partial charge on any atom is -0.494 e. The van der Waals surface area contributed by atoms with Gasteiger partial charge in [-0.15, -0.1) is 0 Å². The van der Waals surface area contributed by atoms with Crippen LogP contribution in [0.25, 0.3) is 0 Å². The zero-order valence-corrected chi connectivity index (χ0v) is 17.3. The third-order valence-corrected chi connectivity index (χ3v) is 5.65. The van der Waals surface area contributed by atoms with Gasteiger partial charge in [-0.3, -0.25) is 9.10 Å². The average molecular weight is 421 g/mol. The van der Waals surface area contributed by atoms with E-state index in [1.807, 2.05) is 6.92 Å². The van der Waals surface area contributed by atoms with E-state index in [9.17, 15) is 18.0 Å². The lowest BCUT2D eigenvalue weighted by Crippen LogP contribution is -2.37. The molecule has 0 saturated carbocycles. The molecule has 0 N–H and O–H groups in total. The van der Waals surface area contributed by atoms with Crippen LogP contribution < -0.4 is 9.04 Å². The van der Waals surface area contributed by atoms with Crippen LogP contribution in [0.15, 0.2) is 53.4 Å². The van der Waals surface area contributed by atoms with Gasteiger partial charge in [0.25, 0.3) is 10.0 Å². The number of methoxy groups -OCH3 is 1. The van der Waals surface area contributed by atoms with E-state index in [0.29, 0.717) is 12.4 Å². The van der Waals surface area contributed by atoms with Gasteiger partial charge in [-0.2, -0.15) is 0 Å². The quantitative estimate of drug-likeness (QED) is 0.574. The number of hydrogen-bond donors (Lipinski definition) is 0. The number of nitrogens with zero attached hydrogens (tertiary/aromatic N) is 1. The fourth-order valence-corrected chi connectivity index (χ4v) is 4.03. The molecule has 0 fully saturated rings. The van der Waals surface area contributed by atoms with Crippen molar-refractivity contribution in [2.45, 2.75) is 18.7 Å². The molecule has 156 valence electrons. The van der Waals surface area contributed by atoms with E-state index in [1.165, 1.54) is 43.5 Å². The highest BCUT2D eigenvalue weighted by atomic mass is 32.2. The van der Waals surface area contributed by atoms with Crippen LogP contribution in [-0.4, -0.2) is 47.2 Å². The smallest absolute Gasteiger partial charge is 0.340 e. The van der Waals surface area contributed by atoms with Gasteiger partial charge in [-0.05, 0) is 50.2 Å². The molecule has 2 rings (SSSR count). The molecule has 0 amide bonds. The first kappa shape index (κ1) is 22.2. The topological polar surface area (TPSA) is 99.2 Å². The van der Waals surface area contributed by atoms with Crippen LogP contribution in [0.1, 0.15) is 24.2 Å². The summed E-state index contributed by atoms with van der Waals surface area (Å²) in [4.78, 5) is 24.2.